The molecule has 1 aliphatic rings. The molecule has 6 heteroatoms. The van der Waals surface area contributed by atoms with Gasteiger partial charge in [-0.3, -0.25) is 0 Å². The summed E-state index contributed by atoms with van der Waals surface area (Å²) in [5.74, 6) is 1.95. The monoisotopic (exact) mass is 294 g/mol. The molecule has 1 aromatic heterocycles. The van der Waals surface area contributed by atoms with E-state index >= 15 is 0 Å². The molecule has 1 fully saturated rings. The lowest BCUT2D eigenvalue weighted by Gasteiger charge is -2.31. The molecule has 1 aromatic rings. The van der Waals surface area contributed by atoms with Gasteiger partial charge in [0, 0.05) is 6.54 Å². The smallest absolute Gasteiger partial charge is 0.324 e. The van der Waals surface area contributed by atoms with Crippen LogP contribution < -0.4 is 14.8 Å². The number of aromatic nitrogens is 3. The van der Waals surface area contributed by atoms with E-state index < -0.39 is 0 Å². The third kappa shape index (κ3) is 4.44. The van der Waals surface area contributed by atoms with E-state index in [0.717, 1.165) is 31.7 Å². The molecule has 6 nitrogen and oxygen atoms in total. The number of rotatable bonds is 6. The van der Waals surface area contributed by atoms with Gasteiger partial charge in [-0.25, -0.2) is 0 Å². The van der Waals surface area contributed by atoms with Crippen LogP contribution in [0.4, 0.5) is 5.95 Å². The Morgan fingerprint density at radius 3 is 2.52 bits per heavy atom. The van der Waals surface area contributed by atoms with Gasteiger partial charge in [0.25, 0.3) is 0 Å². The third-order valence-corrected chi connectivity index (χ3v) is 4.13. The molecular weight excluding hydrogens is 268 g/mol. The predicted molar refractivity (Wildman–Crippen MR) is 81.8 cm³/mol. The van der Waals surface area contributed by atoms with Crippen LogP contribution in [-0.4, -0.2) is 34.7 Å². The number of nitrogens with zero attached hydrogens (tertiary/aromatic N) is 3. The van der Waals surface area contributed by atoms with Gasteiger partial charge in [0.2, 0.25) is 5.95 Å². The van der Waals surface area contributed by atoms with Crippen molar-refractivity contribution in [1.82, 2.24) is 15.0 Å². The zero-order valence-electron chi connectivity index (χ0n) is 13.4. The summed E-state index contributed by atoms with van der Waals surface area (Å²) in [5, 5.41) is 3.14. The van der Waals surface area contributed by atoms with Crippen LogP contribution in [-0.2, 0) is 0 Å². The van der Waals surface area contributed by atoms with Crippen LogP contribution in [0.25, 0.3) is 0 Å². The number of anilines is 1. The Balaban J connectivity index is 2.04. The van der Waals surface area contributed by atoms with Crippen LogP contribution >= 0.6 is 0 Å². The van der Waals surface area contributed by atoms with Crippen molar-refractivity contribution < 1.29 is 9.47 Å². The van der Waals surface area contributed by atoms with E-state index in [4.69, 9.17) is 9.47 Å². The highest BCUT2D eigenvalue weighted by Crippen LogP contribution is 2.31. The van der Waals surface area contributed by atoms with E-state index in [2.05, 4.69) is 41.0 Å². The lowest BCUT2D eigenvalue weighted by Crippen LogP contribution is -2.29. The third-order valence-electron chi connectivity index (χ3n) is 4.13. The molecule has 0 spiro atoms. The van der Waals surface area contributed by atoms with Crippen molar-refractivity contribution in [2.45, 2.75) is 52.6 Å². The van der Waals surface area contributed by atoms with E-state index in [0.29, 0.717) is 17.9 Å². The van der Waals surface area contributed by atoms with E-state index in [9.17, 15) is 0 Å². The summed E-state index contributed by atoms with van der Waals surface area (Å²) in [6.45, 7) is 7.49. The highest BCUT2D eigenvalue weighted by atomic mass is 16.5. The van der Waals surface area contributed by atoms with Crippen molar-refractivity contribution in [3.05, 3.63) is 0 Å². The van der Waals surface area contributed by atoms with Gasteiger partial charge >= 0.3 is 12.0 Å². The molecule has 1 saturated carbocycles. The fourth-order valence-electron chi connectivity index (χ4n) is 2.55. The Hall–Kier alpha value is -1.59. The van der Waals surface area contributed by atoms with Gasteiger partial charge in [-0.1, -0.05) is 20.8 Å². The Morgan fingerprint density at radius 2 is 1.86 bits per heavy atom. The van der Waals surface area contributed by atoms with Crippen LogP contribution in [0.1, 0.15) is 46.5 Å². The maximum Gasteiger partial charge on any atom is 0.324 e. The molecule has 0 aromatic carbocycles. The zero-order chi connectivity index (χ0) is 15.2. The standard InChI is InChI=1S/C15H26N4O2/c1-5-8-16-13-17-14(20-4)19-15(18-13)21-12-7-6-10(2)11(3)9-12/h10-12H,5-9H2,1-4H3,(H,16,17,18,19). The lowest BCUT2D eigenvalue weighted by molar-refractivity contribution is 0.0909. The second-order valence-electron chi connectivity index (χ2n) is 5.86. The minimum atomic E-state index is 0.183. The van der Waals surface area contributed by atoms with Crippen LogP contribution in [0.15, 0.2) is 0 Å². The molecule has 0 aliphatic heterocycles. The molecule has 3 unspecified atom stereocenters. The minimum Gasteiger partial charge on any atom is -0.467 e. The highest BCUT2D eigenvalue weighted by molar-refractivity contribution is 5.27. The molecule has 0 amide bonds. The molecular formula is C15H26N4O2. The predicted octanol–water partition coefficient (Wildman–Crippen LogP) is 2.91. The SMILES string of the molecule is CCCNc1nc(OC)nc(OC2CCC(C)C(C)C2)n1. The van der Waals surface area contributed by atoms with E-state index in [-0.39, 0.29) is 12.1 Å². The average Bonchev–Trinajstić information content (AvgIpc) is 2.48. The molecule has 0 radical (unpaired) electrons. The van der Waals surface area contributed by atoms with Crippen molar-refractivity contribution in [3.8, 4) is 12.0 Å². The first-order chi connectivity index (χ1) is 10.1. The Kier molecular flexibility index (Phi) is 5.59. The van der Waals surface area contributed by atoms with Gasteiger partial charge in [0.1, 0.15) is 6.10 Å². The normalized spacial score (nSPS) is 25.4. The largest absolute Gasteiger partial charge is 0.467 e. The summed E-state index contributed by atoms with van der Waals surface area (Å²) < 4.78 is 11.1. The van der Waals surface area contributed by atoms with Crippen molar-refractivity contribution in [2.24, 2.45) is 11.8 Å². The fraction of sp³-hybridized carbons (Fsp3) is 0.800. The molecule has 1 aliphatic carbocycles. The minimum absolute atomic E-state index is 0.183. The number of hydrogen-bond acceptors (Lipinski definition) is 6. The molecule has 21 heavy (non-hydrogen) atoms. The maximum atomic E-state index is 5.95. The van der Waals surface area contributed by atoms with Crippen molar-refractivity contribution >= 4 is 5.95 Å². The van der Waals surface area contributed by atoms with Gasteiger partial charge in [-0.05, 0) is 37.5 Å². The highest BCUT2D eigenvalue weighted by Gasteiger charge is 2.26. The van der Waals surface area contributed by atoms with E-state index in [1.165, 1.54) is 6.42 Å². The van der Waals surface area contributed by atoms with E-state index in [1.807, 2.05) is 0 Å². The number of nitrogens with one attached hydrogen (secondary N) is 1. The lowest BCUT2D eigenvalue weighted by atomic mass is 9.80. The molecule has 0 bridgehead atoms. The second-order valence-corrected chi connectivity index (χ2v) is 5.86. The summed E-state index contributed by atoms with van der Waals surface area (Å²) in [6, 6.07) is 0.642. The Morgan fingerprint density at radius 1 is 1.10 bits per heavy atom. The van der Waals surface area contributed by atoms with Gasteiger partial charge in [0.15, 0.2) is 0 Å². The van der Waals surface area contributed by atoms with Gasteiger partial charge in [0.05, 0.1) is 7.11 Å². The Bertz CT molecular complexity index is 455. The molecule has 118 valence electrons. The summed E-state index contributed by atoms with van der Waals surface area (Å²) in [5.41, 5.74) is 0. The first-order valence-electron chi connectivity index (χ1n) is 7.83. The summed E-state index contributed by atoms with van der Waals surface area (Å²) in [7, 11) is 1.55. The molecule has 0 saturated heterocycles. The van der Waals surface area contributed by atoms with Crippen molar-refractivity contribution in [3.63, 3.8) is 0 Å². The van der Waals surface area contributed by atoms with Crippen LogP contribution in [0, 0.1) is 11.8 Å². The molecule has 1 N–H and O–H groups in total. The van der Waals surface area contributed by atoms with Crippen molar-refractivity contribution in [2.75, 3.05) is 19.0 Å². The number of ether oxygens (including phenoxy) is 2. The summed E-state index contributed by atoms with van der Waals surface area (Å²) in [4.78, 5) is 12.7. The summed E-state index contributed by atoms with van der Waals surface area (Å²) >= 11 is 0. The Labute approximate surface area is 126 Å². The van der Waals surface area contributed by atoms with Crippen LogP contribution in [0.3, 0.4) is 0 Å². The zero-order valence-corrected chi connectivity index (χ0v) is 13.4. The number of hydrogen-bond donors (Lipinski definition) is 1. The van der Waals surface area contributed by atoms with Crippen molar-refractivity contribution in [1.29, 1.82) is 0 Å². The molecule has 1 heterocycles. The quantitative estimate of drug-likeness (QED) is 0.870. The van der Waals surface area contributed by atoms with Crippen LogP contribution in [0.5, 0.6) is 12.0 Å². The van der Waals surface area contributed by atoms with Crippen LogP contribution in [0.2, 0.25) is 0 Å². The van der Waals surface area contributed by atoms with E-state index in [1.54, 1.807) is 7.11 Å². The second kappa shape index (κ2) is 7.43. The molecule has 2 rings (SSSR count). The topological polar surface area (TPSA) is 69.2 Å². The average molecular weight is 294 g/mol. The first kappa shape index (κ1) is 15.8. The van der Waals surface area contributed by atoms with Gasteiger partial charge in [-0.15, -0.1) is 4.98 Å². The maximum absolute atomic E-state index is 5.95. The number of methoxy groups -OCH3 is 1. The molecule has 3 atom stereocenters. The summed E-state index contributed by atoms with van der Waals surface area (Å²) in [6.07, 6.45) is 4.48. The first-order valence-corrected chi connectivity index (χ1v) is 7.83. The van der Waals surface area contributed by atoms with Gasteiger partial charge < -0.3 is 14.8 Å². The fourth-order valence-corrected chi connectivity index (χ4v) is 2.55. The van der Waals surface area contributed by atoms with Gasteiger partial charge in [-0.2, -0.15) is 9.97 Å².